The molecule has 0 saturated carbocycles. The number of hydrogen-bond acceptors (Lipinski definition) is 3. The Hall–Kier alpha value is -1.16. The molecule has 0 aliphatic carbocycles. The van der Waals surface area contributed by atoms with Crippen LogP contribution in [-0.2, 0) is 16.1 Å². The molecular weight excluding hydrogens is 252 g/mol. The molecule has 0 aliphatic heterocycles. The van der Waals surface area contributed by atoms with Gasteiger partial charge < -0.3 is 14.6 Å². The van der Waals surface area contributed by atoms with Crippen LogP contribution in [0.2, 0.25) is 0 Å². The number of benzene rings is 1. The van der Waals surface area contributed by atoms with Crippen molar-refractivity contribution in [2.24, 2.45) is 11.8 Å². The van der Waals surface area contributed by atoms with Crippen LogP contribution in [0.25, 0.3) is 0 Å². The van der Waals surface area contributed by atoms with Gasteiger partial charge in [0.1, 0.15) is 0 Å². The molecule has 1 N–H and O–H groups in total. The Balaban J connectivity index is 2.43. The van der Waals surface area contributed by atoms with Gasteiger partial charge in [-0.1, -0.05) is 50.3 Å². The van der Waals surface area contributed by atoms with Crippen molar-refractivity contribution in [1.29, 1.82) is 0 Å². The van der Waals surface area contributed by atoms with E-state index in [1.807, 2.05) is 37.3 Å². The van der Waals surface area contributed by atoms with Crippen molar-refractivity contribution in [2.45, 2.75) is 32.7 Å². The number of ether oxygens (including phenoxy) is 2. The molecule has 1 aromatic rings. The summed E-state index contributed by atoms with van der Waals surface area (Å²) in [5, 5.41) is 9.84. The molecule has 1 aromatic carbocycles. The van der Waals surface area contributed by atoms with Crippen LogP contribution in [0.4, 0.5) is 0 Å². The summed E-state index contributed by atoms with van der Waals surface area (Å²) in [6.07, 6.45) is 0.934. The average molecular weight is 278 g/mol. The molecule has 0 bridgehead atoms. The highest BCUT2D eigenvalue weighted by molar-refractivity contribution is 5.13. The lowest BCUT2D eigenvalue weighted by molar-refractivity contribution is -0.0471. The summed E-state index contributed by atoms with van der Waals surface area (Å²) in [4.78, 5) is 0. The molecule has 0 aliphatic rings. The fraction of sp³-hybridized carbons (Fsp3) is 0.529. The van der Waals surface area contributed by atoms with Crippen molar-refractivity contribution < 1.29 is 14.6 Å². The molecule has 112 valence electrons. The largest absolute Gasteiger partial charge is 0.389 e. The molecule has 20 heavy (non-hydrogen) atoms. The molecule has 0 saturated heterocycles. The Morgan fingerprint density at radius 2 is 1.90 bits per heavy atom. The molecule has 3 nitrogen and oxygen atoms in total. The van der Waals surface area contributed by atoms with Gasteiger partial charge in [-0.15, -0.1) is 6.58 Å². The first-order chi connectivity index (χ1) is 9.60. The summed E-state index contributed by atoms with van der Waals surface area (Å²) >= 11 is 0. The Kier molecular flexibility index (Phi) is 7.52. The second kappa shape index (κ2) is 8.90. The number of aliphatic hydroxyl groups is 1. The lowest BCUT2D eigenvalue weighted by Gasteiger charge is -2.30. The normalized spacial score (nSPS) is 17.2. The molecule has 0 radical (unpaired) electrons. The van der Waals surface area contributed by atoms with Gasteiger partial charge >= 0.3 is 0 Å². The first kappa shape index (κ1) is 16.9. The Labute approximate surface area is 122 Å². The van der Waals surface area contributed by atoms with Crippen molar-refractivity contribution >= 4 is 0 Å². The van der Waals surface area contributed by atoms with E-state index in [1.165, 1.54) is 0 Å². The maximum Gasteiger partial charge on any atom is 0.0768 e. The minimum atomic E-state index is -0.559. The van der Waals surface area contributed by atoms with Crippen molar-refractivity contribution in [3.8, 4) is 0 Å². The summed E-state index contributed by atoms with van der Waals surface area (Å²) in [6, 6.07) is 10.1. The van der Waals surface area contributed by atoms with E-state index < -0.39 is 6.10 Å². The number of rotatable bonds is 9. The van der Waals surface area contributed by atoms with E-state index in [-0.39, 0.29) is 17.9 Å². The van der Waals surface area contributed by atoms with E-state index in [9.17, 15) is 5.11 Å². The minimum Gasteiger partial charge on any atom is -0.389 e. The number of aliphatic hydroxyl groups excluding tert-OH is 1. The number of hydrogen-bond donors (Lipinski definition) is 1. The third-order valence-corrected chi connectivity index (χ3v) is 3.62. The van der Waals surface area contributed by atoms with Gasteiger partial charge in [-0.25, -0.2) is 0 Å². The van der Waals surface area contributed by atoms with Crippen LogP contribution in [0.1, 0.15) is 19.4 Å². The fourth-order valence-electron chi connectivity index (χ4n) is 2.41. The van der Waals surface area contributed by atoms with Gasteiger partial charge in [0, 0.05) is 18.9 Å². The fourth-order valence-corrected chi connectivity index (χ4v) is 2.41. The molecule has 0 heterocycles. The van der Waals surface area contributed by atoms with E-state index in [0.29, 0.717) is 13.2 Å². The van der Waals surface area contributed by atoms with Crippen LogP contribution >= 0.6 is 0 Å². The van der Waals surface area contributed by atoms with Gasteiger partial charge in [0.15, 0.2) is 0 Å². The zero-order valence-electron chi connectivity index (χ0n) is 12.7. The monoisotopic (exact) mass is 278 g/mol. The smallest absolute Gasteiger partial charge is 0.0768 e. The van der Waals surface area contributed by atoms with E-state index in [4.69, 9.17) is 9.47 Å². The molecule has 0 amide bonds. The average Bonchev–Trinajstić information content (AvgIpc) is 2.48. The molecule has 0 fully saturated rings. The predicted molar refractivity (Wildman–Crippen MR) is 81.4 cm³/mol. The second-order valence-corrected chi connectivity index (χ2v) is 5.26. The van der Waals surface area contributed by atoms with E-state index in [0.717, 1.165) is 5.56 Å². The van der Waals surface area contributed by atoms with Crippen molar-refractivity contribution in [3.63, 3.8) is 0 Å². The van der Waals surface area contributed by atoms with Crippen LogP contribution in [-0.4, -0.2) is 31.0 Å². The lowest BCUT2D eigenvalue weighted by atomic mass is 9.89. The van der Waals surface area contributed by atoms with Crippen LogP contribution in [0.5, 0.6) is 0 Å². The maximum absolute atomic E-state index is 9.84. The molecule has 0 aromatic heterocycles. The van der Waals surface area contributed by atoms with Gasteiger partial charge in [-0.2, -0.15) is 0 Å². The molecule has 0 unspecified atom stereocenters. The highest BCUT2D eigenvalue weighted by atomic mass is 16.5. The van der Waals surface area contributed by atoms with Crippen molar-refractivity contribution in [3.05, 3.63) is 48.6 Å². The van der Waals surface area contributed by atoms with Crippen molar-refractivity contribution in [2.75, 3.05) is 13.7 Å². The third-order valence-electron chi connectivity index (χ3n) is 3.62. The first-order valence-corrected chi connectivity index (χ1v) is 7.05. The van der Waals surface area contributed by atoms with Gasteiger partial charge in [0.25, 0.3) is 0 Å². The molecule has 1 rings (SSSR count). The zero-order valence-corrected chi connectivity index (χ0v) is 12.7. The third kappa shape index (κ3) is 5.08. The maximum atomic E-state index is 9.84. The standard InChI is InChI=1S/C17H26O3/c1-5-16(18)14(3)17(19-4)13(2)11-20-12-15-9-7-6-8-10-15/h5-10,13-14,16-18H,1,11-12H2,2-4H3/t13-,14+,16+,17-/m1/s1. The number of methoxy groups -OCH3 is 1. The van der Waals surface area contributed by atoms with Gasteiger partial charge in [-0.05, 0) is 5.56 Å². The quantitative estimate of drug-likeness (QED) is 0.706. The lowest BCUT2D eigenvalue weighted by Crippen LogP contribution is -2.36. The van der Waals surface area contributed by atoms with E-state index in [1.54, 1.807) is 13.2 Å². The van der Waals surface area contributed by atoms with Gasteiger partial charge in [0.2, 0.25) is 0 Å². The summed E-state index contributed by atoms with van der Waals surface area (Å²) in [5.41, 5.74) is 1.16. The van der Waals surface area contributed by atoms with Crippen molar-refractivity contribution in [1.82, 2.24) is 0 Å². The molecular formula is C17H26O3. The summed E-state index contributed by atoms with van der Waals surface area (Å²) in [6.45, 7) is 8.86. The highest BCUT2D eigenvalue weighted by Crippen LogP contribution is 2.21. The van der Waals surface area contributed by atoms with Gasteiger partial charge in [-0.3, -0.25) is 0 Å². The van der Waals surface area contributed by atoms with E-state index in [2.05, 4.69) is 13.5 Å². The Morgan fingerprint density at radius 1 is 1.25 bits per heavy atom. The Bertz CT molecular complexity index is 377. The molecule has 4 atom stereocenters. The minimum absolute atomic E-state index is 0.00664. The SMILES string of the molecule is C=C[C@H](O)[C@H](C)[C@H](OC)[C@H](C)COCc1ccccc1. The first-order valence-electron chi connectivity index (χ1n) is 7.05. The summed E-state index contributed by atoms with van der Waals surface area (Å²) in [5.74, 6) is 0.195. The van der Waals surface area contributed by atoms with Crippen LogP contribution in [0.3, 0.4) is 0 Å². The van der Waals surface area contributed by atoms with Crippen LogP contribution in [0.15, 0.2) is 43.0 Å². The van der Waals surface area contributed by atoms with E-state index >= 15 is 0 Å². The zero-order chi connectivity index (χ0) is 15.0. The predicted octanol–water partition coefficient (Wildman–Crippen LogP) is 3.04. The summed E-state index contributed by atoms with van der Waals surface area (Å²) < 4.78 is 11.3. The summed E-state index contributed by atoms with van der Waals surface area (Å²) in [7, 11) is 1.67. The second-order valence-electron chi connectivity index (χ2n) is 5.26. The molecule has 0 spiro atoms. The topological polar surface area (TPSA) is 38.7 Å². The Morgan fingerprint density at radius 3 is 2.45 bits per heavy atom. The molecule has 3 heteroatoms. The van der Waals surface area contributed by atoms with Crippen LogP contribution < -0.4 is 0 Å². The highest BCUT2D eigenvalue weighted by Gasteiger charge is 2.27. The van der Waals surface area contributed by atoms with Gasteiger partial charge in [0.05, 0.1) is 25.4 Å². The van der Waals surface area contributed by atoms with Crippen LogP contribution in [0, 0.1) is 11.8 Å².